The predicted molar refractivity (Wildman–Crippen MR) is 58.7 cm³/mol. The Morgan fingerprint density at radius 1 is 1.59 bits per heavy atom. The van der Waals surface area contributed by atoms with Gasteiger partial charge in [-0.15, -0.1) is 0 Å². The Bertz CT molecular complexity index is 422. The van der Waals surface area contributed by atoms with Gasteiger partial charge < -0.3 is 10.5 Å². The van der Waals surface area contributed by atoms with Gasteiger partial charge in [0.1, 0.15) is 5.82 Å². The van der Waals surface area contributed by atoms with Crippen molar-refractivity contribution in [1.82, 2.24) is 4.98 Å². The minimum atomic E-state index is -2.69. The number of ether oxygens (including phenoxy) is 1. The summed E-state index contributed by atoms with van der Waals surface area (Å²) in [5.41, 5.74) is 5.66. The lowest BCUT2D eigenvalue weighted by Gasteiger charge is -2.13. The van der Waals surface area contributed by atoms with Gasteiger partial charge in [-0.2, -0.15) is 0 Å². The number of esters is 1. The monoisotopic (exact) mass is 244 g/mol. The molecule has 0 aliphatic heterocycles. The number of nitrogens with zero attached hydrogens (tertiary/aromatic N) is 1. The molecule has 0 saturated heterocycles. The molecular weight excluding hydrogens is 230 g/mol. The summed E-state index contributed by atoms with van der Waals surface area (Å²) >= 11 is 0. The second kappa shape index (κ2) is 5.56. The first-order valence-electron chi connectivity index (χ1n) is 5.15. The number of carbonyl (C=O) groups is 1. The van der Waals surface area contributed by atoms with Gasteiger partial charge in [0.15, 0.2) is 0 Å². The van der Waals surface area contributed by atoms with Crippen molar-refractivity contribution in [3.8, 4) is 0 Å². The molecule has 6 heteroatoms. The quantitative estimate of drug-likeness (QED) is 0.823. The van der Waals surface area contributed by atoms with Crippen molar-refractivity contribution in [1.29, 1.82) is 0 Å². The number of hydrogen-bond acceptors (Lipinski definition) is 4. The Balaban J connectivity index is 3.12. The number of nitrogen functional groups attached to an aromatic ring is 1. The van der Waals surface area contributed by atoms with Gasteiger partial charge in [0.05, 0.1) is 13.0 Å². The maximum Gasteiger partial charge on any atom is 0.310 e. The largest absolute Gasteiger partial charge is 0.466 e. The van der Waals surface area contributed by atoms with Crippen LogP contribution in [-0.2, 0) is 16.0 Å². The summed E-state index contributed by atoms with van der Waals surface area (Å²) in [7, 11) is 0. The topological polar surface area (TPSA) is 65.2 Å². The van der Waals surface area contributed by atoms with Crippen LogP contribution >= 0.6 is 0 Å². The average molecular weight is 244 g/mol. The van der Waals surface area contributed by atoms with E-state index < -0.39 is 12.4 Å². The normalized spacial score (nSPS) is 10.6. The van der Waals surface area contributed by atoms with E-state index in [9.17, 15) is 13.6 Å². The molecule has 0 aliphatic carbocycles. The Morgan fingerprint density at radius 2 is 2.24 bits per heavy atom. The van der Waals surface area contributed by atoms with Gasteiger partial charge in [-0.25, -0.2) is 13.8 Å². The highest BCUT2D eigenvalue weighted by molar-refractivity contribution is 5.75. The van der Waals surface area contributed by atoms with Crippen LogP contribution in [0.15, 0.2) is 6.20 Å². The maximum atomic E-state index is 12.9. The van der Waals surface area contributed by atoms with Crippen LogP contribution in [0, 0.1) is 6.92 Å². The van der Waals surface area contributed by atoms with Gasteiger partial charge in [0, 0.05) is 17.3 Å². The molecule has 1 rings (SSSR count). The van der Waals surface area contributed by atoms with Crippen molar-refractivity contribution in [2.45, 2.75) is 26.7 Å². The maximum absolute atomic E-state index is 12.9. The van der Waals surface area contributed by atoms with E-state index >= 15 is 0 Å². The van der Waals surface area contributed by atoms with Gasteiger partial charge >= 0.3 is 5.97 Å². The molecule has 4 nitrogen and oxygen atoms in total. The summed E-state index contributed by atoms with van der Waals surface area (Å²) < 4.78 is 30.4. The van der Waals surface area contributed by atoms with Crippen molar-refractivity contribution in [3.63, 3.8) is 0 Å². The van der Waals surface area contributed by atoms with Crippen LogP contribution in [0.25, 0.3) is 0 Å². The number of pyridine rings is 1. The molecule has 0 amide bonds. The number of alkyl halides is 2. The molecule has 0 saturated carbocycles. The Kier molecular flexibility index (Phi) is 4.37. The molecule has 0 aromatic carbocycles. The molecule has 1 aromatic rings. The zero-order valence-electron chi connectivity index (χ0n) is 9.67. The van der Waals surface area contributed by atoms with Crippen molar-refractivity contribution >= 4 is 11.8 Å². The lowest BCUT2D eigenvalue weighted by molar-refractivity contribution is -0.142. The highest BCUT2D eigenvalue weighted by Gasteiger charge is 2.21. The number of hydrogen-bond donors (Lipinski definition) is 1. The van der Waals surface area contributed by atoms with Crippen LogP contribution in [0.1, 0.15) is 30.0 Å². The van der Waals surface area contributed by atoms with E-state index in [0.717, 1.165) is 0 Å². The fourth-order valence-electron chi connectivity index (χ4n) is 1.54. The predicted octanol–water partition coefficient (Wildman–Crippen LogP) is 2.02. The summed E-state index contributed by atoms with van der Waals surface area (Å²) in [4.78, 5) is 15.1. The molecule has 0 atom stereocenters. The summed E-state index contributed by atoms with van der Waals surface area (Å²) in [5, 5.41) is 0. The number of aryl methyl sites for hydroxylation is 1. The number of carbonyl (C=O) groups excluding carboxylic acids is 1. The van der Waals surface area contributed by atoms with E-state index in [1.54, 1.807) is 6.92 Å². The van der Waals surface area contributed by atoms with E-state index in [1.807, 2.05) is 0 Å². The molecule has 0 unspecified atom stereocenters. The number of halogens is 2. The van der Waals surface area contributed by atoms with Gasteiger partial charge in [0.2, 0.25) is 0 Å². The molecule has 94 valence electrons. The second-order valence-electron chi connectivity index (χ2n) is 3.50. The lowest BCUT2D eigenvalue weighted by Crippen LogP contribution is -2.13. The molecule has 1 aromatic heterocycles. The summed E-state index contributed by atoms with van der Waals surface area (Å²) in [5.74, 6) is -0.646. The average Bonchev–Trinajstić information content (AvgIpc) is 2.23. The zero-order valence-corrected chi connectivity index (χ0v) is 9.67. The Morgan fingerprint density at radius 3 is 2.76 bits per heavy atom. The molecule has 0 aliphatic rings. The van der Waals surface area contributed by atoms with E-state index in [1.165, 1.54) is 13.1 Å². The molecule has 1 heterocycles. The molecule has 0 fully saturated rings. The number of rotatable bonds is 4. The molecule has 0 radical (unpaired) electrons. The minimum Gasteiger partial charge on any atom is -0.466 e. The Labute approximate surface area is 97.8 Å². The number of aromatic nitrogens is 1. The fourth-order valence-corrected chi connectivity index (χ4v) is 1.54. The van der Waals surface area contributed by atoms with Crippen molar-refractivity contribution in [2.75, 3.05) is 12.3 Å². The van der Waals surface area contributed by atoms with Gasteiger partial charge in [0.25, 0.3) is 6.43 Å². The Hall–Kier alpha value is -1.72. The van der Waals surface area contributed by atoms with Crippen molar-refractivity contribution in [3.05, 3.63) is 22.9 Å². The second-order valence-corrected chi connectivity index (χ2v) is 3.50. The third-order valence-electron chi connectivity index (χ3n) is 2.30. The van der Waals surface area contributed by atoms with Crippen LogP contribution in [-0.4, -0.2) is 17.6 Å². The molecule has 0 bridgehead atoms. The first-order chi connectivity index (χ1) is 7.97. The summed E-state index contributed by atoms with van der Waals surface area (Å²) in [6, 6.07) is 0. The van der Waals surface area contributed by atoms with E-state index in [4.69, 9.17) is 10.5 Å². The highest BCUT2D eigenvalue weighted by atomic mass is 19.3. The SMILES string of the molecule is CCOC(=O)Cc1c(N)ncc(C)c1C(F)F. The van der Waals surface area contributed by atoms with Gasteiger partial charge in [-0.3, -0.25) is 4.79 Å². The molecule has 2 N–H and O–H groups in total. The first kappa shape index (κ1) is 13.3. The summed E-state index contributed by atoms with van der Waals surface area (Å²) in [6.07, 6.45) is -1.70. The third kappa shape index (κ3) is 3.12. The van der Waals surface area contributed by atoms with Crippen molar-refractivity contribution in [2.24, 2.45) is 0 Å². The van der Waals surface area contributed by atoms with Crippen LogP contribution in [0.2, 0.25) is 0 Å². The first-order valence-corrected chi connectivity index (χ1v) is 5.15. The van der Waals surface area contributed by atoms with Crippen LogP contribution in [0.3, 0.4) is 0 Å². The standard InChI is InChI=1S/C11H14F2N2O2/c1-3-17-8(16)4-7-9(10(12)13)6(2)5-15-11(7)14/h5,10H,3-4H2,1-2H3,(H2,14,15). The smallest absolute Gasteiger partial charge is 0.310 e. The van der Waals surface area contributed by atoms with Crippen LogP contribution in [0.4, 0.5) is 14.6 Å². The highest BCUT2D eigenvalue weighted by Crippen LogP contribution is 2.29. The van der Waals surface area contributed by atoms with E-state index in [-0.39, 0.29) is 30.0 Å². The van der Waals surface area contributed by atoms with Crippen LogP contribution < -0.4 is 5.73 Å². The summed E-state index contributed by atoms with van der Waals surface area (Å²) in [6.45, 7) is 3.34. The minimum absolute atomic E-state index is 0.0541. The lowest BCUT2D eigenvalue weighted by atomic mass is 10.0. The molecule has 17 heavy (non-hydrogen) atoms. The van der Waals surface area contributed by atoms with Crippen molar-refractivity contribution < 1.29 is 18.3 Å². The molecule has 0 spiro atoms. The van der Waals surface area contributed by atoms with E-state index in [2.05, 4.69) is 4.98 Å². The van der Waals surface area contributed by atoms with Crippen LogP contribution in [0.5, 0.6) is 0 Å². The van der Waals surface area contributed by atoms with Gasteiger partial charge in [-0.05, 0) is 19.4 Å². The molecular formula is C11H14F2N2O2. The third-order valence-corrected chi connectivity index (χ3v) is 2.30. The zero-order chi connectivity index (χ0) is 13.0. The number of nitrogens with two attached hydrogens (primary N) is 1. The fraction of sp³-hybridized carbons (Fsp3) is 0.455. The van der Waals surface area contributed by atoms with Gasteiger partial charge in [-0.1, -0.05) is 0 Å². The van der Waals surface area contributed by atoms with E-state index in [0.29, 0.717) is 5.56 Å². The number of anilines is 1.